The number of primary amides is 6. The van der Waals surface area contributed by atoms with Crippen molar-refractivity contribution in [2.45, 2.75) is 175 Å². The van der Waals surface area contributed by atoms with E-state index in [2.05, 4.69) is 10.3 Å². The van der Waals surface area contributed by atoms with E-state index < -0.39 is 143 Å². The predicted octanol–water partition coefficient (Wildman–Crippen LogP) is 2.70. The van der Waals surface area contributed by atoms with E-state index in [1.807, 2.05) is 47.6 Å². The van der Waals surface area contributed by atoms with E-state index in [4.69, 9.17) is 73.2 Å². The van der Waals surface area contributed by atoms with Crippen molar-refractivity contribution in [2.75, 3.05) is 20.3 Å². The number of aliphatic imine (C=N–C) groups is 3. The largest absolute Gasteiger partial charge is 0.756 e. The standard InChI is InChI=1S/C61H88N13O15P.Co/c1-29(88-90(84,85)89-52-40(27-75)87-56(51(52)83)74-28-69-37-15-11-32(86-10)21-39(37)74)26-68-48(82)19-20-58(6)36(22-45(65)79)55-61(9)60(8,25-47(67)81)35(14-18-44(64)78)50(73-61)31(3)54-59(7,24-46(66)80)33(12-16-42(62)76)38(70-54)23-41-57(4,5)34(13-17-43(63)77)49(71-41)30(2)53(58)72-55;/h11,15,21,23,28-29,33-36,40,51-52,55-56,75,83H,12-14,16-20,22,24-27H2,1-10H3,(H15,62,63,64,65,66,67,68,70,71,72,73,76,77,78,79,80,81,82,84,85);/p-2/t29-,33-,34-,35-,36+,40-,51-,52-,55-,56+,58-,59+,60+,61+;/m1./s1. The number of nitrogens with one attached hydrogen (secondary N) is 1. The van der Waals surface area contributed by atoms with Crippen molar-refractivity contribution in [1.82, 2.24) is 14.9 Å². The Balaban J connectivity index is 0.0000118. The van der Waals surface area contributed by atoms with Gasteiger partial charge in [0.05, 0.1) is 48.4 Å². The first-order chi connectivity index (χ1) is 42.0. The molecule has 30 heteroatoms. The van der Waals surface area contributed by atoms with Crippen LogP contribution in [-0.2, 0) is 68.7 Å². The zero-order valence-corrected chi connectivity index (χ0v) is 54.9. The van der Waals surface area contributed by atoms with E-state index in [1.165, 1.54) is 24.9 Å². The number of ether oxygens (including phenoxy) is 2. The quantitative estimate of drug-likeness (QED) is 0.0581. The van der Waals surface area contributed by atoms with Crippen LogP contribution in [0.5, 0.6) is 5.75 Å². The maximum absolute atomic E-state index is 14.3. The molecule has 91 heavy (non-hydrogen) atoms. The number of carbonyl (C=O) groups is 7. The second-order valence-electron chi connectivity index (χ2n) is 26.4. The summed E-state index contributed by atoms with van der Waals surface area (Å²) in [5.74, 6) is -6.97. The smallest absolute Gasteiger partial charge is 0.268 e. The molecule has 1 aromatic heterocycles. The van der Waals surface area contributed by atoms with Gasteiger partial charge in [-0.15, -0.1) is 0 Å². The molecule has 501 valence electrons. The number of nitrogens with zero attached hydrogens (tertiary/aromatic N) is 6. The number of aliphatic hydroxyl groups is 2. The number of hydrogen-bond acceptors (Lipinski definition) is 19. The van der Waals surface area contributed by atoms with Gasteiger partial charge in [0.2, 0.25) is 41.4 Å². The monoisotopic (exact) mass is 1330 g/mol. The molecule has 1 unspecified atom stereocenters. The fourth-order valence-electron chi connectivity index (χ4n) is 15.2. The maximum atomic E-state index is 14.3. The molecule has 0 spiro atoms. The predicted molar refractivity (Wildman–Crippen MR) is 329 cm³/mol. The number of amides is 7. The van der Waals surface area contributed by atoms with Crippen LogP contribution in [0.15, 0.2) is 73.8 Å². The fourth-order valence-corrected chi connectivity index (χ4v) is 16.3. The molecule has 7 heterocycles. The summed E-state index contributed by atoms with van der Waals surface area (Å²) in [6.07, 6.45) is -5.05. The van der Waals surface area contributed by atoms with Crippen LogP contribution in [0.2, 0.25) is 0 Å². The van der Waals surface area contributed by atoms with E-state index in [0.29, 0.717) is 62.2 Å². The summed E-state index contributed by atoms with van der Waals surface area (Å²) >= 11 is 0. The number of fused-ring (bicyclic) bond motifs is 7. The van der Waals surface area contributed by atoms with Crippen LogP contribution in [0.25, 0.3) is 16.4 Å². The van der Waals surface area contributed by atoms with E-state index in [0.717, 1.165) is 0 Å². The normalized spacial score (nSPS) is 33.8. The number of rotatable bonds is 27. The molecule has 0 aliphatic carbocycles. The van der Waals surface area contributed by atoms with E-state index in [1.54, 1.807) is 32.0 Å². The molecule has 28 nitrogen and oxygen atoms in total. The molecule has 15 N–H and O–H groups in total. The molecule has 6 aliphatic rings. The summed E-state index contributed by atoms with van der Waals surface area (Å²) < 4.78 is 37.0. The number of carbonyl (C=O) groups excluding carboxylic acids is 7. The van der Waals surface area contributed by atoms with Crippen molar-refractivity contribution in [3.8, 4) is 5.75 Å². The fraction of sp³-hybridized carbons (Fsp3) is 0.623. The molecule has 2 aromatic rings. The molecular formula is C61H86CoN13O15P-2. The average Bonchev–Trinajstić information content (AvgIpc) is 1.55. The first-order valence-electron chi connectivity index (χ1n) is 30.2. The van der Waals surface area contributed by atoms with Gasteiger partial charge in [-0.3, -0.25) is 53.1 Å². The van der Waals surface area contributed by atoms with Gasteiger partial charge in [0.15, 0.2) is 6.23 Å². The number of imidazole rings is 1. The zero-order chi connectivity index (χ0) is 66.5. The SMILES string of the molecule is COc1ccc2ncn([C@H]3O[C@H](CO)[C@@H](OP(=O)([O-])O[C@H](C)CNC(=O)CC[C@@]4(C)/C5=C(\C)C6=N/C(=C\C7=NC(=C(/C)C8=N[C@@](C)([C@H]([N-]5)[C@@H]4CC(N)=O)[C@@](C)(CC(N)=O)[C@@H]8CCC(N)=O)/[C@@](C)(CC(N)=O)[C@@H]7CCC(N)=O)C(C)(C)[C@@H]6CCC(N)=O)[C@H]3O)c2c1.[Co]. The van der Waals surface area contributed by atoms with Crippen molar-refractivity contribution in [3.63, 3.8) is 0 Å². The minimum atomic E-state index is -5.34. The number of allylic oxidation sites excluding steroid dienone is 6. The number of benzene rings is 1. The van der Waals surface area contributed by atoms with Gasteiger partial charge in [-0.05, 0) is 94.1 Å². The van der Waals surface area contributed by atoms with Crippen molar-refractivity contribution in [3.05, 3.63) is 64.2 Å². The Bertz CT molecular complexity index is 3510. The second-order valence-corrected chi connectivity index (χ2v) is 27.7. The summed E-state index contributed by atoms with van der Waals surface area (Å²) in [7, 11) is -3.86. The Hall–Kier alpha value is -6.69. The molecule has 8 rings (SSSR count). The molecule has 8 bridgehead atoms. The molecule has 1 aromatic carbocycles. The first-order valence-corrected chi connectivity index (χ1v) is 31.7. The van der Waals surface area contributed by atoms with Crippen LogP contribution in [0, 0.1) is 45.3 Å². The van der Waals surface area contributed by atoms with Gasteiger partial charge in [-0.25, -0.2) is 4.98 Å². The first kappa shape index (κ1) is 71.7. The van der Waals surface area contributed by atoms with E-state index >= 15 is 0 Å². The van der Waals surface area contributed by atoms with Crippen molar-refractivity contribution >= 4 is 77.3 Å². The Kier molecular flexibility index (Phi) is 21.4. The number of phosphoric acid groups is 1. The molecule has 2 saturated heterocycles. The van der Waals surface area contributed by atoms with Crippen molar-refractivity contribution < 1.29 is 88.5 Å². The van der Waals surface area contributed by atoms with Crippen LogP contribution < -0.4 is 49.3 Å². The third-order valence-electron chi connectivity index (χ3n) is 20.1. The molecule has 2 fully saturated rings. The topological polar surface area (TPSA) is 474 Å². The number of phosphoric ester groups is 1. The molecule has 1 radical (unpaired) electrons. The zero-order valence-electron chi connectivity index (χ0n) is 53.0. The van der Waals surface area contributed by atoms with Crippen LogP contribution in [-0.4, -0.2) is 135 Å². The summed E-state index contributed by atoms with van der Waals surface area (Å²) in [4.78, 5) is 128. The minimum absolute atomic E-state index is 0. The van der Waals surface area contributed by atoms with Gasteiger partial charge < -0.3 is 83.2 Å². The van der Waals surface area contributed by atoms with Crippen LogP contribution >= 0.6 is 7.82 Å². The van der Waals surface area contributed by atoms with Crippen LogP contribution in [0.3, 0.4) is 0 Å². The maximum Gasteiger partial charge on any atom is 0.268 e. The molecule has 6 aliphatic heterocycles. The number of methoxy groups -OCH3 is 1. The Morgan fingerprint density at radius 3 is 2.02 bits per heavy atom. The Morgan fingerprint density at radius 1 is 0.824 bits per heavy atom. The molecule has 0 saturated carbocycles. The number of aliphatic hydroxyl groups excluding tert-OH is 2. The average molecular weight is 1330 g/mol. The Labute approximate surface area is 538 Å². The number of aromatic nitrogens is 2. The summed E-state index contributed by atoms with van der Waals surface area (Å²) in [5.41, 5.74) is 34.5. The minimum Gasteiger partial charge on any atom is -0.756 e. The third kappa shape index (κ3) is 13.9. The van der Waals surface area contributed by atoms with E-state index in [-0.39, 0.29) is 94.0 Å². The summed E-state index contributed by atoms with van der Waals surface area (Å²) in [6.45, 7) is 15.1. The number of hydrogen-bond donors (Lipinski definition) is 9. The van der Waals surface area contributed by atoms with Gasteiger partial charge in [0.25, 0.3) is 7.82 Å². The van der Waals surface area contributed by atoms with Gasteiger partial charge in [-0.2, -0.15) is 5.70 Å². The summed E-state index contributed by atoms with van der Waals surface area (Å²) in [6, 6.07) is 3.96. The van der Waals surface area contributed by atoms with E-state index in [9.17, 15) is 53.2 Å². The third-order valence-corrected chi connectivity index (χ3v) is 21.2. The Morgan fingerprint density at radius 2 is 1.44 bits per heavy atom. The van der Waals surface area contributed by atoms with Crippen LogP contribution in [0.4, 0.5) is 0 Å². The summed E-state index contributed by atoms with van der Waals surface area (Å²) in [5, 5.41) is 30.1. The van der Waals surface area contributed by atoms with Gasteiger partial charge >= 0.3 is 0 Å². The molecule has 7 amide bonds. The van der Waals surface area contributed by atoms with Gasteiger partial charge in [0, 0.05) is 131 Å². The molecular weight excluding hydrogens is 1240 g/mol. The van der Waals surface area contributed by atoms with Crippen molar-refractivity contribution in [2.24, 2.45) is 94.7 Å². The van der Waals surface area contributed by atoms with Gasteiger partial charge in [0.1, 0.15) is 24.1 Å². The van der Waals surface area contributed by atoms with Crippen molar-refractivity contribution in [1.29, 1.82) is 0 Å². The van der Waals surface area contributed by atoms with Crippen LogP contribution in [0.1, 0.15) is 139 Å². The number of nitrogens with two attached hydrogens (primary N) is 6. The molecule has 15 atom stereocenters. The second kappa shape index (κ2) is 27.1. The van der Waals surface area contributed by atoms with Gasteiger partial charge in [-0.1, -0.05) is 40.7 Å².